The van der Waals surface area contributed by atoms with Gasteiger partial charge in [-0.15, -0.1) is 0 Å². The van der Waals surface area contributed by atoms with Crippen LogP contribution in [-0.4, -0.2) is 53.0 Å². The molecule has 1 N–H and O–H groups in total. The van der Waals surface area contributed by atoms with Gasteiger partial charge < -0.3 is 10.0 Å². The highest BCUT2D eigenvalue weighted by Gasteiger charge is 2.32. The predicted molar refractivity (Wildman–Crippen MR) is 82.6 cm³/mol. The highest BCUT2D eigenvalue weighted by atomic mass is 16.3. The van der Waals surface area contributed by atoms with E-state index in [1.807, 2.05) is 17.9 Å². The number of hydrogen-bond acceptors (Lipinski definition) is 3. The van der Waals surface area contributed by atoms with Crippen LogP contribution < -0.4 is 0 Å². The fourth-order valence-corrected chi connectivity index (χ4v) is 3.50. The van der Waals surface area contributed by atoms with Gasteiger partial charge in [-0.1, -0.05) is 12.5 Å². The molecule has 0 saturated carbocycles. The maximum atomic E-state index is 12.6. The summed E-state index contributed by atoms with van der Waals surface area (Å²) in [4.78, 5) is 17.0. The van der Waals surface area contributed by atoms with Crippen molar-refractivity contribution in [2.24, 2.45) is 0 Å². The number of likely N-dealkylation sites (tertiary alicyclic amines) is 2. The summed E-state index contributed by atoms with van der Waals surface area (Å²) in [6, 6.07) is 5.78. The Balaban J connectivity index is 1.66. The molecule has 2 saturated heterocycles. The molecule has 1 aromatic rings. The molecule has 0 radical (unpaired) electrons. The van der Waals surface area contributed by atoms with Crippen LogP contribution in [0.25, 0.3) is 0 Å². The number of amides is 1. The van der Waals surface area contributed by atoms with Crippen molar-refractivity contribution in [2.75, 3.05) is 26.2 Å². The maximum absolute atomic E-state index is 12.6. The summed E-state index contributed by atoms with van der Waals surface area (Å²) in [5, 5.41) is 9.98. The predicted octanol–water partition coefficient (Wildman–Crippen LogP) is 2.40. The van der Waals surface area contributed by atoms with Gasteiger partial charge in [0, 0.05) is 19.1 Å². The fourth-order valence-electron chi connectivity index (χ4n) is 3.50. The van der Waals surface area contributed by atoms with Crippen molar-refractivity contribution >= 4 is 5.91 Å². The lowest BCUT2D eigenvalue weighted by Gasteiger charge is -2.32. The summed E-state index contributed by atoms with van der Waals surface area (Å²) in [7, 11) is 0. The van der Waals surface area contributed by atoms with Crippen molar-refractivity contribution in [3.8, 4) is 5.75 Å². The summed E-state index contributed by atoms with van der Waals surface area (Å²) in [6.07, 6.45) is 4.95. The molecule has 1 unspecified atom stereocenters. The molecule has 2 fully saturated rings. The van der Waals surface area contributed by atoms with Crippen LogP contribution in [0.1, 0.15) is 41.6 Å². The Bertz CT molecular complexity index is 524. The van der Waals surface area contributed by atoms with Crippen LogP contribution >= 0.6 is 0 Å². The molecule has 2 aliphatic heterocycles. The second kappa shape index (κ2) is 6.06. The Morgan fingerprint density at radius 1 is 1.19 bits per heavy atom. The Morgan fingerprint density at radius 2 is 1.95 bits per heavy atom. The van der Waals surface area contributed by atoms with Crippen LogP contribution in [0.3, 0.4) is 0 Å². The van der Waals surface area contributed by atoms with Gasteiger partial charge in [0.05, 0.1) is 5.56 Å². The van der Waals surface area contributed by atoms with Gasteiger partial charge in [-0.3, -0.25) is 9.69 Å². The number of aryl methyl sites for hydroxylation is 1. The molecule has 1 aromatic carbocycles. The molecule has 1 amide bonds. The normalized spacial score (nSPS) is 23.5. The first-order chi connectivity index (χ1) is 10.1. The standard InChI is InChI=1S/C17H24N2O2/c1-13-5-6-15(16(20)11-13)17(21)19-10-7-14(12-19)18-8-3-2-4-9-18/h5-6,11,14,20H,2-4,7-10,12H2,1H3. The van der Waals surface area contributed by atoms with Gasteiger partial charge in [0.25, 0.3) is 5.91 Å². The van der Waals surface area contributed by atoms with E-state index in [1.165, 1.54) is 32.4 Å². The van der Waals surface area contributed by atoms with Crippen LogP contribution in [0.5, 0.6) is 5.75 Å². The zero-order valence-corrected chi connectivity index (χ0v) is 12.7. The number of phenolic OH excluding ortho intramolecular Hbond substituents is 1. The zero-order valence-electron chi connectivity index (χ0n) is 12.7. The Kier molecular flexibility index (Phi) is 4.15. The van der Waals surface area contributed by atoms with Crippen LogP contribution in [0.2, 0.25) is 0 Å². The highest BCUT2D eigenvalue weighted by Crippen LogP contribution is 2.25. The number of carbonyl (C=O) groups excluding carboxylic acids is 1. The minimum absolute atomic E-state index is 0.0352. The third kappa shape index (κ3) is 3.05. The minimum atomic E-state index is -0.0352. The first-order valence-electron chi connectivity index (χ1n) is 7.98. The molecule has 1 atom stereocenters. The molecule has 0 aliphatic carbocycles. The van der Waals surface area contributed by atoms with Gasteiger partial charge in [-0.05, 0) is 57.0 Å². The Hall–Kier alpha value is -1.55. The lowest BCUT2D eigenvalue weighted by atomic mass is 10.1. The summed E-state index contributed by atoms with van der Waals surface area (Å²) in [6.45, 7) is 5.85. The van der Waals surface area contributed by atoms with E-state index < -0.39 is 0 Å². The summed E-state index contributed by atoms with van der Waals surface area (Å²) < 4.78 is 0. The smallest absolute Gasteiger partial charge is 0.257 e. The average molecular weight is 288 g/mol. The molecular weight excluding hydrogens is 264 g/mol. The van der Waals surface area contributed by atoms with Gasteiger partial charge in [0.15, 0.2) is 0 Å². The molecule has 4 heteroatoms. The van der Waals surface area contributed by atoms with Crippen molar-refractivity contribution in [1.82, 2.24) is 9.80 Å². The molecular formula is C17H24N2O2. The van der Waals surface area contributed by atoms with E-state index in [-0.39, 0.29) is 11.7 Å². The van der Waals surface area contributed by atoms with E-state index in [1.54, 1.807) is 12.1 Å². The Morgan fingerprint density at radius 3 is 2.67 bits per heavy atom. The molecule has 2 heterocycles. The lowest BCUT2D eigenvalue weighted by molar-refractivity contribution is 0.0768. The van der Waals surface area contributed by atoms with E-state index in [4.69, 9.17) is 0 Å². The Labute approximate surface area is 126 Å². The van der Waals surface area contributed by atoms with Gasteiger partial charge in [-0.2, -0.15) is 0 Å². The molecule has 21 heavy (non-hydrogen) atoms. The SMILES string of the molecule is Cc1ccc(C(=O)N2CCC(N3CCCCC3)C2)c(O)c1. The lowest BCUT2D eigenvalue weighted by Crippen LogP contribution is -2.41. The topological polar surface area (TPSA) is 43.8 Å². The van der Waals surface area contributed by atoms with Gasteiger partial charge in [0.2, 0.25) is 0 Å². The summed E-state index contributed by atoms with van der Waals surface area (Å²) >= 11 is 0. The van der Waals surface area contributed by atoms with Gasteiger partial charge >= 0.3 is 0 Å². The second-order valence-corrected chi connectivity index (χ2v) is 6.31. The van der Waals surface area contributed by atoms with E-state index in [2.05, 4.69) is 4.90 Å². The molecule has 0 aromatic heterocycles. The summed E-state index contributed by atoms with van der Waals surface area (Å²) in [5.74, 6) is 0.0634. The molecule has 0 bridgehead atoms. The molecule has 114 valence electrons. The largest absolute Gasteiger partial charge is 0.507 e. The van der Waals surface area contributed by atoms with Crippen LogP contribution in [0.4, 0.5) is 0 Å². The number of benzene rings is 1. The molecule has 4 nitrogen and oxygen atoms in total. The number of nitrogens with zero attached hydrogens (tertiary/aromatic N) is 2. The van der Waals surface area contributed by atoms with Crippen molar-refractivity contribution in [3.63, 3.8) is 0 Å². The number of carbonyl (C=O) groups is 1. The number of rotatable bonds is 2. The van der Waals surface area contributed by atoms with E-state index in [0.29, 0.717) is 11.6 Å². The highest BCUT2D eigenvalue weighted by molar-refractivity contribution is 5.97. The number of piperidine rings is 1. The third-order valence-corrected chi connectivity index (χ3v) is 4.74. The minimum Gasteiger partial charge on any atom is -0.507 e. The number of phenols is 1. The van der Waals surface area contributed by atoms with Crippen LogP contribution in [0.15, 0.2) is 18.2 Å². The first-order valence-corrected chi connectivity index (χ1v) is 7.98. The fraction of sp³-hybridized carbons (Fsp3) is 0.588. The van der Waals surface area contributed by atoms with E-state index in [9.17, 15) is 9.90 Å². The van der Waals surface area contributed by atoms with E-state index in [0.717, 1.165) is 25.1 Å². The van der Waals surface area contributed by atoms with E-state index >= 15 is 0 Å². The van der Waals surface area contributed by atoms with Crippen molar-refractivity contribution in [3.05, 3.63) is 29.3 Å². The van der Waals surface area contributed by atoms with Crippen molar-refractivity contribution in [2.45, 2.75) is 38.6 Å². The first kappa shape index (κ1) is 14.4. The van der Waals surface area contributed by atoms with Crippen molar-refractivity contribution < 1.29 is 9.90 Å². The molecule has 2 aliphatic rings. The average Bonchev–Trinajstić information content (AvgIpc) is 2.97. The quantitative estimate of drug-likeness (QED) is 0.909. The second-order valence-electron chi connectivity index (χ2n) is 6.31. The monoisotopic (exact) mass is 288 g/mol. The molecule has 3 rings (SSSR count). The van der Waals surface area contributed by atoms with Gasteiger partial charge in [0.1, 0.15) is 5.75 Å². The maximum Gasteiger partial charge on any atom is 0.257 e. The van der Waals surface area contributed by atoms with Crippen LogP contribution in [0, 0.1) is 6.92 Å². The van der Waals surface area contributed by atoms with Crippen molar-refractivity contribution in [1.29, 1.82) is 0 Å². The summed E-state index contributed by atoms with van der Waals surface area (Å²) in [5.41, 5.74) is 1.40. The van der Waals surface area contributed by atoms with Crippen LogP contribution in [-0.2, 0) is 0 Å². The molecule has 0 spiro atoms. The third-order valence-electron chi connectivity index (χ3n) is 4.74. The number of aromatic hydroxyl groups is 1. The zero-order chi connectivity index (χ0) is 14.8. The number of hydrogen-bond donors (Lipinski definition) is 1. The van der Waals surface area contributed by atoms with Gasteiger partial charge in [-0.25, -0.2) is 0 Å².